The van der Waals surface area contributed by atoms with E-state index in [1.54, 1.807) is 18.4 Å². The lowest BCUT2D eigenvalue weighted by molar-refractivity contribution is 0.0942. The van der Waals surface area contributed by atoms with Crippen LogP contribution in [0.5, 0.6) is 0 Å². The van der Waals surface area contributed by atoms with E-state index in [0.29, 0.717) is 30.2 Å². The SMILES string of the molecule is COCc1c(C(=O)NCc2ccsc2)c(=O)cc(C)n1CCc1ccccc1Cl. The predicted octanol–water partition coefficient (Wildman–Crippen LogP) is 4.19. The lowest BCUT2D eigenvalue weighted by Gasteiger charge is -2.20. The van der Waals surface area contributed by atoms with Crippen LogP contribution >= 0.6 is 22.9 Å². The van der Waals surface area contributed by atoms with Crippen molar-refractivity contribution in [3.05, 3.63) is 90.5 Å². The molecule has 2 heterocycles. The van der Waals surface area contributed by atoms with Crippen LogP contribution in [-0.4, -0.2) is 17.6 Å². The topological polar surface area (TPSA) is 60.3 Å². The molecule has 0 radical (unpaired) electrons. The Morgan fingerprint density at radius 2 is 2.07 bits per heavy atom. The van der Waals surface area contributed by atoms with E-state index >= 15 is 0 Å². The van der Waals surface area contributed by atoms with Crippen LogP contribution in [0.15, 0.2) is 52.0 Å². The van der Waals surface area contributed by atoms with Gasteiger partial charge in [0.15, 0.2) is 5.43 Å². The van der Waals surface area contributed by atoms with Crippen molar-refractivity contribution in [2.45, 2.75) is 33.0 Å². The maximum absolute atomic E-state index is 12.9. The molecule has 0 aliphatic rings. The van der Waals surface area contributed by atoms with Crippen molar-refractivity contribution in [3.8, 4) is 0 Å². The number of thiophene rings is 1. The second-order valence-corrected chi connectivity index (χ2v) is 7.90. The summed E-state index contributed by atoms with van der Waals surface area (Å²) in [5, 5.41) is 7.47. The molecule has 0 unspecified atom stereocenters. The number of hydrogen-bond acceptors (Lipinski definition) is 4. The van der Waals surface area contributed by atoms with Gasteiger partial charge in [0, 0.05) is 37.0 Å². The van der Waals surface area contributed by atoms with Crippen molar-refractivity contribution in [3.63, 3.8) is 0 Å². The van der Waals surface area contributed by atoms with Crippen molar-refractivity contribution in [2.24, 2.45) is 0 Å². The van der Waals surface area contributed by atoms with E-state index in [9.17, 15) is 9.59 Å². The van der Waals surface area contributed by atoms with Gasteiger partial charge < -0.3 is 14.6 Å². The molecule has 1 aromatic carbocycles. The number of nitrogens with one attached hydrogen (secondary N) is 1. The van der Waals surface area contributed by atoms with Crippen molar-refractivity contribution in [1.29, 1.82) is 0 Å². The van der Waals surface area contributed by atoms with Crippen molar-refractivity contribution in [1.82, 2.24) is 9.88 Å². The van der Waals surface area contributed by atoms with Gasteiger partial charge in [0.25, 0.3) is 5.91 Å². The summed E-state index contributed by atoms with van der Waals surface area (Å²) in [7, 11) is 1.55. The number of amides is 1. The molecule has 7 heteroatoms. The first-order valence-electron chi connectivity index (χ1n) is 9.26. The summed E-state index contributed by atoms with van der Waals surface area (Å²) >= 11 is 7.84. The van der Waals surface area contributed by atoms with Gasteiger partial charge in [0.2, 0.25) is 0 Å². The average Bonchev–Trinajstić information content (AvgIpc) is 3.21. The Morgan fingerprint density at radius 1 is 1.28 bits per heavy atom. The van der Waals surface area contributed by atoms with Crippen LogP contribution in [0.4, 0.5) is 0 Å². The van der Waals surface area contributed by atoms with Gasteiger partial charge in [0.05, 0.1) is 12.3 Å². The minimum Gasteiger partial charge on any atom is -0.378 e. The van der Waals surface area contributed by atoms with Crippen LogP contribution < -0.4 is 10.7 Å². The van der Waals surface area contributed by atoms with E-state index in [0.717, 1.165) is 16.8 Å². The maximum Gasteiger partial charge on any atom is 0.257 e. The van der Waals surface area contributed by atoms with Crippen LogP contribution in [0, 0.1) is 6.92 Å². The van der Waals surface area contributed by atoms with Gasteiger partial charge in [-0.1, -0.05) is 29.8 Å². The van der Waals surface area contributed by atoms with Crippen LogP contribution in [-0.2, 0) is 30.9 Å². The Balaban J connectivity index is 1.91. The van der Waals surface area contributed by atoms with E-state index in [-0.39, 0.29) is 23.5 Å². The third kappa shape index (κ3) is 5.15. The first-order valence-corrected chi connectivity index (χ1v) is 10.6. The third-order valence-electron chi connectivity index (χ3n) is 4.73. The van der Waals surface area contributed by atoms with Gasteiger partial charge >= 0.3 is 0 Å². The molecule has 3 aromatic rings. The molecule has 152 valence electrons. The molecule has 29 heavy (non-hydrogen) atoms. The Bertz CT molecular complexity index is 1040. The zero-order chi connectivity index (χ0) is 20.8. The number of hydrogen-bond donors (Lipinski definition) is 1. The number of carbonyl (C=O) groups excluding carboxylic acids is 1. The fraction of sp³-hybridized carbons (Fsp3) is 0.273. The molecule has 0 fully saturated rings. The fourth-order valence-corrected chi connectivity index (χ4v) is 4.17. The summed E-state index contributed by atoms with van der Waals surface area (Å²) in [5.41, 5.74) is 3.20. The highest BCUT2D eigenvalue weighted by molar-refractivity contribution is 7.07. The molecule has 0 saturated heterocycles. The molecule has 0 aliphatic carbocycles. The first kappa shape index (κ1) is 21.3. The number of pyridine rings is 1. The van der Waals surface area contributed by atoms with Gasteiger partial charge in [-0.3, -0.25) is 9.59 Å². The summed E-state index contributed by atoms with van der Waals surface area (Å²) in [6.07, 6.45) is 0.677. The number of halogens is 1. The fourth-order valence-electron chi connectivity index (χ4n) is 3.27. The summed E-state index contributed by atoms with van der Waals surface area (Å²) in [6.45, 7) is 2.99. The van der Waals surface area contributed by atoms with Gasteiger partial charge in [-0.2, -0.15) is 11.3 Å². The first-order chi connectivity index (χ1) is 14.0. The Kier molecular flexibility index (Phi) is 7.25. The van der Waals surface area contributed by atoms with E-state index in [1.807, 2.05) is 52.6 Å². The van der Waals surface area contributed by atoms with Gasteiger partial charge in [-0.05, 0) is 47.4 Å². The highest BCUT2D eigenvalue weighted by atomic mass is 35.5. The maximum atomic E-state index is 12.9. The summed E-state index contributed by atoms with van der Waals surface area (Å²) in [6, 6.07) is 11.1. The molecule has 0 spiro atoms. The minimum absolute atomic E-state index is 0.131. The van der Waals surface area contributed by atoms with Crippen molar-refractivity contribution < 1.29 is 9.53 Å². The highest BCUT2D eigenvalue weighted by Gasteiger charge is 2.20. The largest absolute Gasteiger partial charge is 0.378 e. The quantitative estimate of drug-likeness (QED) is 0.582. The molecule has 1 N–H and O–H groups in total. The smallest absolute Gasteiger partial charge is 0.257 e. The molecule has 0 bridgehead atoms. The van der Waals surface area contributed by atoms with Gasteiger partial charge in [-0.25, -0.2) is 0 Å². The van der Waals surface area contributed by atoms with Crippen LogP contribution in [0.1, 0.15) is 32.9 Å². The van der Waals surface area contributed by atoms with E-state index in [2.05, 4.69) is 5.32 Å². The number of rotatable bonds is 8. The number of aryl methyl sites for hydroxylation is 2. The number of ether oxygens (including phenoxy) is 1. The van der Waals surface area contributed by atoms with E-state index in [1.165, 1.54) is 6.07 Å². The van der Waals surface area contributed by atoms with Crippen molar-refractivity contribution >= 4 is 28.8 Å². The van der Waals surface area contributed by atoms with Gasteiger partial charge in [-0.15, -0.1) is 0 Å². The zero-order valence-electron chi connectivity index (χ0n) is 16.4. The van der Waals surface area contributed by atoms with E-state index < -0.39 is 0 Å². The highest BCUT2D eigenvalue weighted by Crippen LogP contribution is 2.18. The average molecular weight is 431 g/mol. The van der Waals surface area contributed by atoms with Crippen LogP contribution in [0.2, 0.25) is 5.02 Å². The normalized spacial score (nSPS) is 10.9. The molecule has 2 aromatic heterocycles. The molecule has 1 amide bonds. The number of methoxy groups -OCH3 is 1. The molecule has 0 aliphatic heterocycles. The van der Waals surface area contributed by atoms with Crippen molar-refractivity contribution in [2.75, 3.05) is 7.11 Å². The third-order valence-corrected chi connectivity index (χ3v) is 5.83. The summed E-state index contributed by atoms with van der Waals surface area (Å²) < 4.78 is 7.30. The lowest BCUT2D eigenvalue weighted by Crippen LogP contribution is -2.33. The molecule has 0 saturated carbocycles. The molecule has 3 rings (SSSR count). The second-order valence-electron chi connectivity index (χ2n) is 6.71. The van der Waals surface area contributed by atoms with Crippen LogP contribution in [0.25, 0.3) is 0 Å². The van der Waals surface area contributed by atoms with Crippen LogP contribution in [0.3, 0.4) is 0 Å². The lowest BCUT2D eigenvalue weighted by atomic mass is 10.1. The Hall–Kier alpha value is -2.41. The number of nitrogens with zero attached hydrogens (tertiary/aromatic N) is 1. The number of benzene rings is 1. The summed E-state index contributed by atoms with van der Waals surface area (Å²) in [5.74, 6) is -0.389. The Morgan fingerprint density at radius 3 is 2.76 bits per heavy atom. The molecule has 5 nitrogen and oxygen atoms in total. The van der Waals surface area contributed by atoms with E-state index in [4.69, 9.17) is 16.3 Å². The Labute approximate surface area is 178 Å². The molecule has 0 atom stereocenters. The molecular formula is C22H23ClN2O3S. The second kappa shape index (κ2) is 9.87. The monoisotopic (exact) mass is 430 g/mol. The number of aromatic nitrogens is 1. The number of carbonyl (C=O) groups is 1. The molecular weight excluding hydrogens is 408 g/mol. The predicted molar refractivity (Wildman–Crippen MR) is 117 cm³/mol. The minimum atomic E-state index is -0.389. The van der Waals surface area contributed by atoms with Gasteiger partial charge in [0.1, 0.15) is 5.56 Å². The zero-order valence-corrected chi connectivity index (χ0v) is 18.0. The standard InChI is InChI=1S/C22H23ClN2O3S/c1-15-11-20(26)21(22(27)24-12-16-8-10-29-14-16)19(13-28-2)25(15)9-7-17-5-3-4-6-18(17)23/h3-6,8,10-11,14H,7,9,12-13H2,1-2H3,(H,24,27). The summed E-state index contributed by atoms with van der Waals surface area (Å²) in [4.78, 5) is 25.5.